The highest BCUT2D eigenvalue weighted by atomic mass is 16.3. The summed E-state index contributed by atoms with van der Waals surface area (Å²) in [5, 5.41) is 2.27. The first-order valence-corrected chi connectivity index (χ1v) is 7.57. The minimum Gasteiger partial charge on any atom is -0.456 e. The molecule has 4 rings (SSSR count). The van der Waals surface area contributed by atoms with Crippen LogP contribution in [0.1, 0.15) is 11.1 Å². The van der Waals surface area contributed by atoms with E-state index in [0.717, 1.165) is 33.1 Å². The number of furan rings is 1. The van der Waals surface area contributed by atoms with E-state index < -0.39 is 0 Å². The third kappa shape index (κ3) is 2.57. The Hall–Kier alpha value is -3.07. The molecule has 0 bridgehead atoms. The van der Waals surface area contributed by atoms with Crippen LogP contribution >= 0.6 is 0 Å². The lowest BCUT2D eigenvalue weighted by Gasteiger charge is -2.01. The van der Waals surface area contributed by atoms with Crippen molar-refractivity contribution in [2.45, 2.75) is 6.54 Å². The molecule has 0 aliphatic rings. The molecule has 3 aromatic carbocycles. The smallest absolute Gasteiger partial charge is 0.135 e. The van der Waals surface area contributed by atoms with Crippen LogP contribution in [-0.2, 0) is 6.54 Å². The molecule has 1 aromatic heterocycles. The summed E-state index contributed by atoms with van der Waals surface area (Å²) in [6.07, 6.45) is 0. The maximum Gasteiger partial charge on any atom is 0.135 e. The summed E-state index contributed by atoms with van der Waals surface area (Å²) in [6, 6.07) is 24.1. The van der Waals surface area contributed by atoms with E-state index in [-0.39, 0.29) is 0 Å². The summed E-state index contributed by atoms with van der Waals surface area (Å²) in [7, 11) is 0. The van der Waals surface area contributed by atoms with Gasteiger partial charge in [-0.25, -0.2) is 0 Å². The Morgan fingerprint density at radius 1 is 0.826 bits per heavy atom. The molecule has 1 heterocycles. The number of nitrogens with zero attached hydrogens (tertiary/aromatic N) is 1. The van der Waals surface area contributed by atoms with Crippen molar-refractivity contribution in [3.05, 3.63) is 83.9 Å². The predicted octanol–water partition coefficient (Wildman–Crippen LogP) is 4.49. The fourth-order valence-corrected chi connectivity index (χ4v) is 2.75. The Morgan fingerprint density at radius 2 is 1.57 bits per heavy atom. The van der Waals surface area contributed by atoms with Gasteiger partial charge in [-0.1, -0.05) is 60.7 Å². The SMILES string of the molecule is NC(=NCc1ccc2c(c1)oc1ccccc12)c1ccccc1. The normalized spacial score (nSPS) is 12.1. The van der Waals surface area contributed by atoms with Gasteiger partial charge in [0, 0.05) is 16.3 Å². The fraction of sp³-hybridized carbons (Fsp3) is 0.0500. The topological polar surface area (TPSA) is 51.5 Å². The Bertz CT molecular complexity index is 1000. The second kappa shape index (κ2) is 5.61. The second-order valence-corrected chi connectivity index (χ2v) is 5.50. The van der Waals surface area contributed by atoms with Gasteiger partial charge in [0.2, 0.25) is 0 Å². The first-order valence-electron chi connectivity index (χ1n) is 7.57. The molecule has 0 amide bonds. The molecule has 0 saturated heterocycles. The zero-order valence-corrected chi connectivity index (χ0v) is 12.6. The number of rotatable bonds is 3. The van der Waals surface area contributed by atoms with Crippen molar-refractivity contribution < 1.29 is 4.42 Å². The first kappa shape index (κ1) is 13.6. The third-order valence-electron chi connectivity index (χ3n) is 3.94. The van der Waals surface area contributed by atoms with Crippen LogP contribution in [0, 0.1) is 0 Å². The van der Waals surface area contributed by atoms with Crippen molar-refractivity contribution in [1.29, 1.82) is 0 Å². The molecule has 0 atom stereocenters. The summed E-state index contributed by atoms with van der Waals surface area (Å²) >= 11 is 0. The van der Waals surface area contributed by atoms with Crippen LogP contribution in [0.15, 0.2) is 82.2 Å². The molecule has 3 heteroatoms. The van der Waals surface area contributed by atoms with Crippen molar-refractivity contribution >= 4 is 27.8 Å². The number of hydrogen-bond donors (Lipinski definition) is 1. The summed E-state index contributed by atoms with van der Waals surface area (Å²) < 4.78 is 5.90. The molecule has 0 spiro atoms. The standard InChI is InChI=1S/C20H16N2O/c21-20(15-6-2-1-3-7-15)22-13-14-10-11-17-16-8-4-5-9-18(16)23-19(17)12-14/h1-12H,13H2,(H2,21,22). The number of para-hydroxylation sites is 1. The van der Waals surface area contributed by atoms with Gasteiger partial charge in [-0.15, -0.1) is 0 Å². The minimum atomic E-state index is 0.535. The van der Waals surface area contributed by atoms with Gasteiger partial charge in [-0.05, 0) is 17.7 Å². The number of nitrogens with two attached hydrogens (primary N) is 1. The lowest BCUT2D eigenvalue weighted by molar-refractivity contribution is 0.668. The van der Waals surface area contributed by atoms with Crippen LogP contribution in [-0.4, -0.2) is 5.84 Å². The Labute approximate surface area is 134 Å². The van der Waals surface area contributed by atoms with E-state index in [1.54, 1.807) is 0 Å². The number of hydrogen-bond acceptors (Lipinski definition) is 2. The van der Waals surface area contributed by atoms with Crippen LogP contribution in [0.4, 0.5) is 0 Å². The molecule has 4 aromatic rings. The van der Waals surface area contributed by atoms with Crippen molar-refractivity contribution in [2.75, 3.05) is 0 Å². The molecular weight excluding hydrogens is 284 g/mol. The van der Waals surface area contributed by atoms with Crippen LogP contribution < -0.4 is 5.73 Å². The van der Waals surface area contributed by atoms with Gasteiger partial charge < -0.3 is 10.2 Å². The largest absolute Gasteiger partial charge is 0.456 e. The van der Waals surface area contributed by atoms with E-state index in [0.29, 0.717) is 12.4 Å². The van der Waals surface area contributed by atoms with Gasteiger partial charge in [-0.3, -0.25) is 4.99 Å². The molecule has 112 valence electrons. The van der Waals surface area contributed by atoms with E-state index >= 15 is 0 Å². The summed E-state index contributed by atoms with van der Waals surface area (Å²) in [5.41, 5.74) is 9.86. The zero-order valence-electron chi connectivity index (χ0n) is 12.6. The highest BCUT2D eigenvalue weighted by Crippen LogP contribution is 2.29. The quantitative estimate of drug-likeness (QED) is 0.447. The Balaban J connectivity index is 1.66. The third-order valence-corrected chi connectivity index (χ3v) is 3.94. The van der Waals surface area contributed by atoms with Gasteiger partial charge in [-0.2, -0.15) is 0 Å². The van der Waals surface area contributed by atoms with E-state index in [1.807, 2.05) is 54.6 Å². The zero-order chi connectivity index (χ0) is 15.6. The molecule has 0 aliphatic heterocycles. The molecule has 0 radical (unpaired) electrons. The number of benzene rings is 3. The van der Waals surface area contributed by atoms with Crippen molar-refractivity contribution in [1.82, 2.24) is 0 Å². The van der Waals surface area contributed by atoms with Crippen LogP contribution in [0.5, 0.6) is 0 Å². The van der Waals surface area contributed by atoms with Crippen LogP contribution in [0.2, 0.25) is 0 Å². The second-order valence-electron chi connectivity index (χ2n) is 5.50. The van der Waals surface area contributed by atoms with E-state index in [2.05, 4.69) is 23.2 Å². The number of aliphatic imine (C=N–C) groups is 1. The maximum atomic E-state index is 6.04. The average Bonchev–Trinajstić information content (AvgIpc) is 2.98. The fourth-order valence-electron chi connectivity index (χ4n) is 2.75. The number of amidine groups is 1. The lowest BCUT2D eigenvalue weighted by atomic mass is 10.1. The highest BCUT2D eigenvalue weighted by Gasteiger charge is 2.06. The molecule has 0 aliphatic carbocycles. The maximum absolute atomic E-state index is 6.04. The average molecular weight is 300 g/mol. The summed E-state index contributed by atoms with van der Waals surface area (Å²) in [5.74, 6) is 0.551. The summed E-state index contributed by atoms with van der Waals surface area (Å²) in [6.45, 7) is 0.535. The van der Waals surface area contributed by atoms with Crippen LogP contribution in [0.25, 0.3) is 21.9 Å². The molecule has 0 fully saturated rings. The van der Waals surface area contributed by atoms with Crippen molar-refractivity contribution in [3.63, 3.8) is 0 Å². The van der Waals surface area contributed by atoms with Crippen molar-refractivity contribution in [2.24, 2.45) is 10.7 Å². The number of fused-ring (bicyclic) bond motifs is 3. The van der Waals surface area contributed by atoms with Crippen LogP contribution in [0.3, 0.4) is 0 Å². The van der Waals surface area contributed by atoms with Gasteiger partial charge in [0.15, 0.2) is 0 Å². The van der Waals surface area contributed by atoms with Gasteiger partial charge in [0.1, 0.15) is 17.0 Å². The Morgan fingerprint density at radius 3 is 2.43 bits per heavy atom. The van der Waals surface area contributed by atoms with Gasteiger partial charge in [0.05, 0.1) is 6.54 Å². The molecule has 0 unspecified atom stereocenters. The van der Waals surface area contributed by atoms with Crippen molar-refractivity contribution in [3.8, 4) is 0 Å². The van der Waals surface area contributed by atoms with Gasteiger partial charge >= 0.3 is 0 Å². The van der Waals surface area contributed by atoms with Gasteiger partial charge in [0.25, 0.3) is 0 Å². The lowest BCUT2D eigenvalue weighted by Crippen LogP contribution is -2.13. The Kier molecular flexibility index (Phi) is 3.31. The minimum absolute atomic E-state index is 0.535. The van der Waals surface area contributed by atoms with E-state index in [4.69, 9.17) is 10.2 Å². The molecule has 3 nitrogen and oxygen atoms in total. The molecule has 2 N–H and O–H groups in total. The molecular formula is C20H16N2O. The highest BCUT2D eigenvalue weighted by molar-refractivity contribution is 6.04. The van der Waals surface area contributed by atoms with E-state index in [9.17, 15) is 0 Å². The summed E-state index contributed by atoms with van der Waals surface area (Å²) in [4.78, 5) is 4.48. The molecule has 0 saturated carbocycles. The predicted molar refractivity (Wildman–Crippen MR) is 94.6 cm³/mol. The monoisotopic (exact) mass is 300 g/mol. The van der Waals surface area contributed by atoms with E-state index in [1.165, 1.54) is 0 Å². The first-order chi connectivity index (χ1) is 11.3. The molecule has 23 heavy (non-hydrogen) atoms.